The van der Waals surface area contributed by atoms with Crippen molar-refractivity contribution in [3.8, 4) is 18.2 Å². The van der Waals surface area contributed by atoms with E-state index < -0.39 is 5.66 Å². The van der Waals surface area contributed by atoms with E-state index in [2.05, 4.69) is 26.4 Å². The molecular weight excluding hydrogens is 304 g/mol. The van der Waals surface area contributed by atoms with Gasteiger partial charge in [0.05, 0.1) is 11.9 Å². The minimum absolute atomic E-state index is 0.0707. The first-order chi connectivity index (χ1) is 11.7. The number of hydrogen-bond acceptors (Lipinski definition) is 5. The summed E-state index contributed by atoms with van der Waals surface area (Å²) >= 11 is 0. The molecule has 24 heavy (non-hydrogen) atoms. The van der Waals surface area contributed by atoms with Crippen LogP contribution in [0.15, 0.2) is 28.6 Å². The maximum Gasteiger partial charge on any atom is 0.224 e. The standard InChI is InChI=1S/C18H22N4O2/c1-2-3-11-18(21-22-18)12-10-16(23)20-14-8-9-17(19-13-14)24-15-6-4-5-7-15/h1,8-9,13,15H,3-7,10-12H2,(H,20,23). The molecule has 0 saturated heterocycles. The van der Waals surface area contributed by atoms with Crippen LogP contribution in [0.5, 0.6) is 5.88 Å². The van der Waals surface area contributed by atoms with Crippen molar-refractivity contribution in [3.63, 3.8) is 0 Å². The average molecular weight is 326 g/mol. The van der Waals surface area contributed by atoms with Gasteiger partial charge in [-0.25, -0.2) is 4.98 Å². The number of anilines is 1. The minimum atomic E-state index is -0.416. The normalized spacial score (nSPS) is 18.1. The van der Waals surface area contributed by atoms with Gasteiger partial charge in [0.25, 0.3) is 0 Å². The summed E-state index contributed by atoms with van der Waals surface area (Å²) in [6.07, 6.45) is 14.1. The second-order valence-corrected chi connectivity index (χ2v) is 6.34. The first kappa shape index (κ1) is 16.4. The lowest BCUT2D eigenvalue weighted by Gasteiger charge is -2.12. The molecule has 0 atom stereocenters. The van der Waals surface area contributed by atoms with Gasteiger partial charge in [0, 0.05) is 31.7 Å². The number of aromatic nitrogens is 1. The van der Waals surface area contributed by atoms with Gasteiger partial charge >= 0.3 is 0 Å². The number of rotatable bonds is 8. The van der Waals surface area contributed by atoms with E-state index in [0.29, 0.717) is 37.3 Å². The van der Waals surface area contributed by atoms with Crippen molar-refractivity contribution in [1.29, 1.82) is 0 Å². The van der Waals surface area contributed by atoms with E-state index in [0.717, 1.165) is 12.8 Å². The summed E-state index contributed by atoms with van der Waals surface area (Å²) in [7, 11) is 0. The molecule has 6 nitrogen and oxygen atoms in total. The number of amides is 1. The molecule has 2 aliphatic rings. The summed E-state index contributed by atoms with van der Waals surface area (Å²) < 4.78 is 5.81. The van der Waals surface area contributed by atoms with Crippen molar-refractivity contribution >= 4 is 11.6 Å². The Balaban J connectivity index is 1.42. The highest BCUT2D eigenvalue weighted by molar-refractivity contribution is 5.90. The van der Waals surface area contributed by atoms with E-state index in [1.165, 1.54) is 12.8 Å². The van der Waals surface area contributed by atoms with Gasteiger partial charge in [0.1, 0.15) is 6.10 Å². The topological polar surface area (TPSA) is 75.9 Å². The lowest BCUT2D eigenvalue weighted by molar-refractivity contribution is -0.116. The highest BCUT2D eigenvalue weighted by Gasteiger charge is 2.39. The predicted molar refractivity (Wildman–Crippen MR) is 90.6 cm³/mol. The molecule has 0 bridgehead atoms. The van der Waals surface area contributed by atoms with Crippen LogP contribution < -0.4 is 10.1 Å². The molecule has 6 heteroatoms. The minimum Gasteiger partial charge on any atom is -0.474 e. The molecule has 126 valence electrons. The van der Waals surface area contributed by atoms with E-state index in [4.69, 9.17) is 11.2 Å². The lowest BCUT2D eigenvalue weighted by Crippen LogP contribution is -2.18. The highest BCUT2D eigenvalue weighted by atomic mass is 16.5. The molecule has 1 N–H and O–H groups in total. The third kappa shape index (κ3) is 4.54. The summed E-state index contributed by atoms with van der Waals surface area (Å²) in [5.74, 6) is 3.13. The fourth-order valence-corrected chi connectivity index (χ4v) is 2.91. The molecule has 1 amide bonds. The monoisotopic (exact) mass is 326 g/mol. The van der Waals surface area contributed by atoms with Gasteiger partial charge in [0.15, 0.2) is 5.66 Å². The number of carbonyl (C=O) groups is 1. The van der Waals surface area contributed by atoms with Crippen molar-refractivity contribution in [2.75, 3.05) is 5.32 Å². The smallest absolute Gasteiger partial charge is 0.224 e. The van der Waals surface area contributed by atoms with Gasteiger partial charge in [-0.15, -0.1) is 12.3 Å². The zero-order valence-corrected chi connectivity index (χ0v) is 13.7. The average Bonchev–Trinajstić information content (AvgIpc) is 3.18. The molecule has 1 aromatic rings. The van der Waals surface area contributed by atoms with Crippen LogP contribution in [0.4, 0.5) is 5.69 Å². The number of carbonyl (C=O) groups excluding carboxylic acids is 1. The van der Waals surface area contributed by atoms with Crippen LogP contribution in [-0.2, 0) is 4.79 Å². The van der Waals surface area contributed by atoms with Crippen LogP contribution in [0.3, 0.4) is 0 Å². The molecule has 3 rings (SSSR count). The fourth-order valence-electron chi connectivity index (χ4n) is 2.91. The van der Waals surface area contributed by atoms with Crippen molar-refractivity contribution in [2.45, 2.75) is 63.1 Å². The Morgan fingerprint density at radius 1 is 1.33 bits per heavy atom. The molecule has 2 heterocycles. The number of pyridine rings is 1. The van der Waals surface area contributed by atoms with Gasteiger partial charge in [-0.2, -0.15) is 10.2 Å². The summed E-state index contributed by atoms with van der Waals surface area (Å²) in [5.41, 5.74) is 0.252. The Kier molecular flexibility index (Phi) is 5.09. The lowest BCUT2D eigenvalue weighted by atomic mass is 10.0. The predicted octanol–water partition coefficient (Wildman–Crippen LogP) is 3.70. The molecule has 0 spiro atoms. The number of ether oxygens (including phenoxy) is 1. The van der Waals surface area contributed by atoms with Gasteiger partial charge in [-0.3, -0.25) is 4.79 Å². The Morgan fingerprint density at radius 3 is 2.75 bits per heavy atom. The van der Waals surface area contributed by atoms with Crippen LogP contribution in [-0.4, -0.2) is 22.7 Å². The summed E-state index contributed by atoms with van der Waals surface area (Å²) in [6.45, 7) is 0. The van der Waals surface area contributed by atoms with Crippen molar-refractivity contribution in [2.24, 2.45) is 10.2 Å². The molecule has 0 aromatic carbocycles. The summed E-state index contributed by atoms with van der Waals surface area (Å²) in [5, 5.41) is 10.9. The van der Waals surface area contributed by atoms with E-state index in [-0.39, 0.29) is 12.0 Å². The Bertz CT molecular complexity index is 636. The third-order valence-electron chi connectivity index (χ3n) is 4.41. The molecule has 1 saturated carbocycles. The van der Waals surface area contributed by atoms with Crippen LogP contribution >= 0.6 is 0 Å². The molecule has 1 fully saturated rings. The largest absolute Gasteiger partial charge is 0.474 e. The number of terminal acetylenes is 1. The van der Waals surface area contributed by atoms with Crippen LogP contribution in [0.1, 0.15) is 51.4 Å². The van der Waals surface area contributed by atoms with E-state index >= 15 is 0 Å². The van der Waals surface area contributed by atoms with Gasteiger partial charge in [-0.05, 0) is 31.7 Å². The SMILES string of the molecule is C#CCCC1(CCC(=O)Nc2ccc(OC3CCCC3)nc2)N=N1. The molecular formula is C18H22N4O2. The first-order valence-corrected chi connectivity index (χ1v) is 8.49. The fraction of sp³-hybridized carbons (Fsp3) is 0.556. The van der Waals surface area contributed by atoms with E-state index in [1.54, 1.807) is 12.3 Å². The van der Waals surface area contributed by atoms with Crippen molar-refractivity contribution in [1.82, 2.24) is 4.98 Å². The van der Waals surface area contributed by atoms with Crippen LogP contribution in [0, 0.1) is 12.3 Å². The molecule has 0 unspecified atom stereocenters. The Labute approximate surface area is 142 Å². The summed E-state index contributed by atoms with van der Waals surface area (Å²) in [6, 6.07) is 3.61. The number of hydrogen-bond donors (Lipinski definition) is 1. The zero-order chi connectivity index (χ0) is 16.8. The third-order valence-corrected chi connectivity index (χ3v) is 4.41. The van der Waals surface area contributed by atoms with Crippen molar-refractivity contribution in [3.05, 3.63) is 18.3 Å². The number of nitrogens with one attached hydrogen (secondary N) is 1. The first-order valence-electron chi connectivity index (χ1n) is 8.49. The van der Waals surface area contributed by atoms with Gasteiger partial charge < -0.3 is 10.1 Å². The number of nitrogens with zero attached hydrogens (tertiary/aromatic N) is 3. The van der Waals surface area contributed by atoms with Crippen LogP contribution in [0.25, 0.3) is 0 Å². The second-order valence-electron chi connectivity index (χ2n) is 6.34. The van der Waals surface area contributed by atoms with E-state index in [1.807, 2.05) is 6.07 Å². The Hall–Kier alpha value is -2.42. The zero-order valence-electron chi connectivity index (χ0n) is 13.7. The summed E-state index contributed by atoms with van der Waals surface area (Å²) in [4.78, 5) is 16.3. The highest BCUT2D eigenvalue weighted by Crippen LogP contribution is 2.37. The van der Waals surface area contributed by atoms with Crippen LogP contribution in [0.2, 0.25) is 0 Å². The molecule has 0 radical (unpaired) electrons. The quantitative estimate of drug-likeness (QED) is 0.740. The maximum atomic E-state index is 12.0. The molecule has 1 aliphatic heterocycles. The van der Waals surface area contributed by atoms with Crippen molar-refractivity contribution < 1.29 is 9.53 Å². The van der Waals surface area contributed by atoms with Gasteiger partial charge in [-0.1, -0.05) is 0 Å². The molecule has 1 aliphatic carbocycles. The maximum absolute atomic E-state index is 12.0. The Morgan fingerprint density at radius 2 is 2.12 bits per heavy atom. The second kappa shape index (κ2) is 7.43. The molecule has 1 aromatic heterocycles. The van der Waals surface area contributed by atoms with Gasteiger partial charge in [0.2, 0.25) is 11.8 Å². The van der Waals surface area contributed by atoms with E-state index in [9.17, 15) is 4.79 Å².